The van der Waals surface area contributed by atoms with Crippen LogP contribution in [0.3, 0.4) is 0 Å². The first kappa shape index (κ1) is 29.7. The van der Waals surface area contributed by atoms with Crippen LogP contribution in [0, 0.1) is 10.2 Å². The van der Waals surface area contributed by atoms with Crippen LogP contribution in [0.4, 0.5) is 0 Å². The zero-order valence-electron chi connectivity index (χ0n) is 18.0. The molecule has 0 aromatic carbocycles. The molecule has 0 rings (SSSR count). The number of aliphatic hydroxyl groups is 1. The van der Waals surface area contributed by atoms with E-state index in [1.807, 2.05) is 6.92 Å². The Morgan fingerprint density at radius 3 is 1.68 bits per heavy atom. The third kappa shape index (κ3) is 18.9. The molecule has 0 bridgehead atoms. The zero-order chi connectivity index (χ0) is 22.3. The number of hydrogen-bond donors (Lipinski definition) is 4. The summed E-state index contributed by atoms with van der Waals surface area (Å²) in [5.74, 6) is -0.0950. The van der Waals surface area contributed by atoms with Crippen LogP contribution < -0.4 is 25.0 Å². The maximum Gasteiger partial charge on any atom is 0.222 e. The fourth-order valence-electron chi connectivity index (χ4n) is 2.80. The minimum atomic E-state index is -4.69. The van der Waals surface area contributed by atoms with Gasteiger partial charge in [0.15, 0.2) is 5.72 Å². The second-order valence-corrected chi connectivity index (χ2v) is 8.65. The number of nitrogens with one attached hydrogen (secondary N) is 1. The third-order valence-corrected chi connectivity index (χ3v) is 4.53. The standard InChI is InChI=1S/C19H40N2O2.ClHO4/c1-5-7-8-9-10-11-12-13-14-15-17(22)21-19(23,16-6-2)18(3,4)20;2-1(3,4)5/h23H,5-16,20H2,1-4H3,(H,21,22);(H,2,3,4,5). The van der Waals surface area contributed by atoms with Crippen molar-refractivity contribution >= 4 is 5.91 Å². The van der Waals surface area contributed by atoms with Crippen molar-refractivity contribution in [2.24, 2.45) is 5.73 Å². The lowest BCUT2D eigenvalue weighted by atomic mass is 9.87. The van der Waals surface area contributed by atoms with E-state index in [9.17, 15) is 9.90 Å². The SMILES string of the molecule is CCCCCCCCCCCC(=O)NC(O)(CCC)C(C)(C)N.[O-][Cl+3]([O-])([O-])O. The number of rotatable bonds is 14. The van der Waals surface area contributed by atoms with Crippen molar-refractivity contribution < 1.29 is 38.8 Å². The molecule has 0 aliphatic rings. The largest absolute Gasteiger partial charge is 0.369 e. The Morgan fingerprint density at radius 2 is 1.32 bits per heavy atom. The fraction of sp³-hybridized carbons (Fsp3) is 0.947. The summed E-state index contributed by atoms with van der Waals surface area (Å²) in [6, 6.07) is 0. The highest BCUT2D eigenvalue weighted by atomic mass is 35.7. The number of halogens is 1. The molecule has 0 saturated carbocycles. The number of unbranched alkanes of at least 4 members (excludes halogenated alkanes) is 8. The second kappa shape index (κ2) is 15.4. The van der Waals surface area contributed by atoms with Gasteiger partial charge in [0.25, 0.3) is 0 Å². The fourth-order valence-corrected chi connectivity index (χ4v) is 2.80. The Morgan fingerprint density at radius 1 is 0.929 bits per heavy atom. The molecular formula is C19H41ClN2O6. The van der Waals surface area contributed by atoms with Crippen molar-refractivity contribution in [3.63, 3.8) is 0 Å². The van der Waals surface area contributed by atoms with E-state index in [2.05, 4.69) is 12.2 Å². The van der Waals surface area contributed by atoms with Crippen molar-refractivity contribution in [1.29, 1.82) is 0 Å². The average Bonchev–Trinajstić information content (AvgIpc) is 2.50. The molecule has 0 saturated heterocycles. The third-order valence-electron chi connectivity index (χ3n) is 4.53. The predicted octanol–water partition coefficient (Wildman–Crippen LogP) is 0.126. The quantitative estimate of drug-likeness (QED) is 0.225. The molecule has 5 N–H and O–H groups in total. The van der Waals surface area contributed by atoms with Crippen LogP contribution in [0.2, 0.25) is 0 Å². The van der Waals surface area contributed by atoms with E-state index in [1.165, 1.54) is 44.9 Å². The van der Waals surface area contributed by atoms with Crippen LogP contribution in [0.15, 0.2) is 0 Å². The van der Waals surface area contributed by atoms with Gasteiger partial charge in [-0.2, -0.15) is 14.0 Å². The Bertz CT molecular complexity index is 393. The summed E-state index contributed by atoms with van der Waals surface area (Å²) >= 11 is 0. The first-order valence-corrected chi connectivity index (χ1v) is 11.5. The molecule has 8 nitrogen and oxygen atoms in total. The molecule has 0 aliphatic heterocycles. The molecule has 1 amide bonds. The van der Waals surface area contributed by atoms with E-state index in [4.69, 9.17) is 24.4 Å². The molecule has 0 aromatic rings. The molecule has 0 heterocycles. The van der Waals surface area contributed by atoms with Gasteiger partial charge in [0.1, 0.15) is 0 Å². The minimum absolute atomic E-state index is 0.0950. The maximum atomic E-state index is 12.1. The van der Waals surface area contributed by atoms with Gasteiger partial charge in [-0.05, 0) is 26.7 Å². The van der Waals surface area contributed by atoms with E-state index in [0.29, 0.717) is 12.8 Å². The average molecular weight is 429 g/mol. The lowest BCUT2D eigenvalue weighted by Gasteiger charge is -2.40. The van der Waals surface area contributed by atoms with Gasteiger partial charge in [0.2, 0.25) is 5.91 Å². The zero-order valence-corrected chi connectivity index (χ0v) is 18.7. The van der Waals surface area contributed by atoms with Crippen LogP contribution in [0.5, 0.6) is 0 Å². The topological polar surface area (TPSA) is 165 Å². The van der Waals surface area contributed by atoms with Gasteiger partial charge in [-0.1, -0.05) is 71.6 Å². The van der Waals surface area contributed by atoms with Crippen molar-refractivity contribution in [3.8, 4) is 0 Å². The van der Waals surface area contributed by atoms with Gasteiger partial charge in [0, 0.05) is 6.42 Å². The van der Waals surface area contributed by atoms with Crippen LogP contribution in [0.25, 0.3) is 0 Å². The molecular weight excluding hydrogens is 388 g/mol. The van der Waals surface area contributed by atoms with E-state index in [0.717, 1.165) is 19.3 Å². The Labute approximate surface area is 172 Å². The molecule has 1 unspecified atom stereocenters. The lowest BCUT2D eigenvalue weighted by Crippen LogP contribution is -2.66. The molecule has 28 heavy (non-hydrogen) atoms. The lowest BCUT2D eigenvalue weighted by molar-refractivity contribution is -1.92. The minimum Gasteiger partial charge on any atom is -0.369 e. The molecule has 1 atom stereocenters. The van der Waals surface area contributed by atoms with Crippen LogP contribution in [0.1, 0.15) is 105 Å². The second-order valence-electron chi connectivity index (χ2n) is 7.85. The monoisotopic (exact) mass is 428 g/mol. The number of nitrogens with two attached hydrogens (primary N) is 1. The molecule has 170 valence electrons. The Balaban J connectivity index is 0. The van der Waals surface area contributed by atoms with Crippen molar-refractivity contribution in [1.82, 2.24) is 5.32 Å². The van der Waals surface area contributed by atoms with Gasteiger partial charge < -0.3 is 16.2 Å². The van der Waals surface area contributed by atoms with E-state index < -0.39 is 21.5 Å². The van der Waals surface area contributed by atoms with Gasteiger partial charge >= 0.3 is 0 Å². The van der Waals surface area contributed by atoms with Crippen molar-refractivity contribution in [3.05, 3.63) is 0 Å². The highest BCUT2D eigenvalue weighted by Gasteiger charge is 2.40. The molecule has 0 spiro atoms. The molecule has 0 aliphatic carbocycles. The summed E-state index contributed by atoms with van der Waals surface area (Å²) in [7, 11) is -4.69. The predicted molar refractivity (Wildman–Crippen MR) is 100 cm³/mol. The first-order chi connectivity index (χ1) is 12.8. The number of amides is 1. The highest BCUT2D eigenvalue weighted by Crippen LogP contribution is 2.22. The maximum absolute atomic E-state index is 12.1. The molecule has 0 radical (unpaired) electrons. The van der Waals surface area contributed by atoms with Crippen LogP contribution in [-0.4, -0.2) is 26.9 Å². The normalized spacial score (nSPS) is 14.1. The summed E-state index contributed by atoms with van der Waals surface area (Å²) in [5.41, 5.74) is 3.86. The number of carbonyl (C=O) groups is 1. The van der Waals surface area contributed by atoms with Crippen LogP contribution >= 0.6 is 0 Å². The van der Waals surface area contributed by atoms with Crippen molar-refractivity contribution in [2.75, 3.05) is 0 Å². The summed E-state index contributed by atoms with van der Waals surface area (Å²) < 4.78 is 32.7. The summed E-state index contributed by atoms with van der Waals surface area (Å²) in [6.45, 7) is 7.71. The van der Waals surface area contributed by atoms with Crippen molar-refractivity contribution in [2.45, 2.75) is 116 Å². The van der Waals surface area contributed by atoms with E-state index in [-0.39, 0.29) is 5.91 Å². The summed E-state index contributed by atoms with van der Waals surface area (Å²) in [4.78, 5) is 12.1. The van der Waals surface area contributed by atoms with E-state index >= 15 is 0 Å². The van der Waals surface area contributed by atoms with Gasteiger partial charge in [-0.3, -0.25) is 4.79 Å². The van der Waals surface area contributed by atoms with Gasteiger partial charge in [0.05, 0.1) is 20.4 Å². The Hall–Kier alpha value is -0.480. The van der Waals surface area contributed by atoms with Gasteiger partial charge in [-0.15, -0.1) is 0 Å². The first-order valence-electron chi connectivity index (χ1n) is 10.2. The molecule has 9 heteroatoms. The number of hydrogen-bond acceptors (Lipinski definition) is 7. The summed E-state index contributed by atoms with van der Waals surface area (Å²) in [6.07, 6.45) is 12.8. The number of carbonyl (C=O) groups excluding carboxylic acids is 1. The molecule has 0 aromatic heterocycles. The highest BCUT2D eigenvalue weighted by molar-refractivity contribution is 5.76. The van der Waals surface area contributed by atoms with E-state index in [1.54, 1.807) is 13.8 Å². The van der Waals surface area contributed by atoms with Crippen LogP contribution in [-0.2, 0) is 4.79 Å². The molecule has 0 fully saturated rings. The summed E-state index contributed by atoms with van der Waals surface area (Å²) in [5, 5.41) is 13.4. The smallest absolute Gasteiger partial charge is 0.222 e. The van der Waals surface area contributed by atoms with Gasteiger partial charge in [-0.25, -0.2) is 0 Å². The Kier molecular flexibility index (Phi) is 16.3.